The van der Waals surface area contributed by atoms with Crippen LogP contribution in [0, 0.1) is 6.92 Å². The third-order valence-corrected chi connectivity index (χ3v) is 4.44. The van der Waals surface area contributed by atoms with Gasteiger partial charge in [0, 0.05) is 6.54 Å². The van der Waals surface area contributed by atoms with Gasteiger partial charge in [-0.3, -0.25) is 19.8 Å². The number of rotatable bonds is 6. The Labute approximate surface area is 159 Å². The van der Waals surface area contributed by atoms with Crippen LogP contribution in [0.2, 0.25) is 0 Å². The van der Waals surface area contributed by atoms with E-state index in [4.69, 9.17) is 17.0 Å². The number of carbonyl (C=O) groups is 2. The summed E-state index contributed by atoms with van der Waals surface area (Å²) in [4.78, 5) is 26.3. The molecule has 0 saturated carbocycles. The van der Waals surface area contributed by atoms with Crippen LogP contribution in [0.4, 0.5) is 0 Å². The lowest BCUT2D eigenvalue weighted by Gasteiger charge is -2.28. The van der Waals surface area contributed by atoms with Gasteiger partial charge in [0.15, 0.2) is 5.11 Å². The highest BCUT2D eigenvalue weighted by atomic mass is 32.1. The summed E-state index contributed by atoms with van der Waals surface area (Å²) in [5.41, 5.74) is 2.82. The predicted octanol–water partition coefficient (Wildman–Crippen LogP) is 3.33. The van der Waals surface area contributed by atoms with Crippen molar-refractivity contribution in [3.63, 3.8) is 0 Å². The standard InChI is InChI=1S/C20H24N2O3S/c1-6-8-22-19(24)16(18(23)21-20(22)26)11-14-10-15(12(3)4)17(25-7-2)9-13(14)5/h6,9-12H,1,7-8H2,2-5H3,(H,21,23,26)/b16-11-. The van der Waals surface area contributed by atoms with Gasteiger partial charge in [0.05, 0.1) is 6.61 Å². The first-order chi connectivity index (χ1) is 12.3. The van der Waals surface area contributed by atoms with E-state index in [2.05, 4.69) is 25.7 Å². The molecule has 2 amide bonds. The van der Waals surface area contributed by atoms with E-state index in [0.29, 0.717) is 6.61 Å². The van der Waals surface area contributed by atoms with Gasteiger partial charge in [-0.2, -0.15) is 0 Å². The van der Waals surface area contributed by atoms with Gasteiger partial charge in [-0.05, 0) is 66.9 Å². The fourth-order valence-corrected chi connectivity index (χ4v) is 3.00. The lowest BCUT2D eigenvalue weighted by atomic mass is 9.95. The minimum atomic E-state index is -0.486. The van der Waals surface area contributed by atoms with Crippen molar-refractivity contribution in [1.29, 1.82) is 0 Å². The van der Waals surface area contributed by atoms with Crippen LogP contribution in [-0.4, -0.2) is 35.0 Å². The van der Waals surface area contributed by atoms with E-state index in [1.807, 2.05) is 26.0 Å². The van der Waals surface area contributed by atoms with Crippen molar-refractivity contribution in [2.75, 3.05) is 13.2 Å². The predicted molar refractivity (Wildman–Crippen MR) is 107 cm³/mol. The Morgan fingerprint density at radius 1 is 1.35 bits per heavy atom. The average molecular weight is 372 g/mol. The minimum absolute atomic E-state index is 0.0578. The summed E-state index contributed by atoms with van der Waals surface area (Å²) in [5.74, 6) is 0.170. The van der Waals surface area contributed by atoms with Crippen LogP contribution in [0.1, 0.15) is 43.4 Å². The van der Waals surface area contributed by atoms with Gasteiger partial charge >= 0.3 is 0 Å². The number of amides is 2. The second-order valence-electron chi connectivity index (χ2n) is 6.36. The molecule has 1 heterocycles. The number of nitrogens with zero attached hydrogens (tertiary/aromatic N) is 1. The molecular weight excluding hydrogens is 348 g/mol. The molecular formula is C20H24N2O3S. The number of hydrogen-bond acceptors (Lipinski definition) is 4. The SMILES string of the molecule is C=CCN1C(=O)/C(=C\c2cc(C(C)C)c(OCC)cc2C)C(=O)NC1=S. The molecule has 1 saturated heterocycles. The van der Waals surface area contributed by atoms with Crippen LogP contribution in [0.25, 0.3) is 6.08 Å². The molecule has 1 fully saturated rings. The maximum absolute atomic E-state index is 12.7. The third kappa shape index (κ3) is 4.02. The zero-order chi connectivity index (χ0) is 19.4. The van der Waals surface area contributed by atoms with Crippen LogP contribution < -0.4 is 10.1 Å². The monoisotopic (exact) mass is 372 g/mol. The van der Waals surface area contributed by atoms with E-state index >= 15 is 0 Å². The number of carbonyl (C=O) groups excluding carboxylic acids is 2. The first-order valence-electron chi connectivity index (χ1n) is 8.57. The maximum atomic E-state index is 12.7. The molecule has 1 aliphatic heterocycles. The van der Waals surface area contributed by atoms with Crippen molar-refractivity contribution < 1.29 is 14.3 Å². The molecule has 0 atom stereocenters. The zero-order valence-electron chi connectivity index (χ0n) is 15.6. The first kappa shape index (κ1) is 19.8. The second-order valence-corrected chi connectivity index (χ2v) is 6.74. The van der Waals surface area contributed by atoms with Crippen LogP contribution in [0.5, 0.6) is 5.75 Å². The summed E-state index contributed by atoms with van der Waals surface area (Å²) in [6.45, 7) is 12.5. The number of ether oxygens (including phenoxy) is 1. The summed E-state index contributed by atoms with van der Waals surface area (Å²) in [6.07, 6.45) is 3.19. The molecule has 0 bridgehead atoms. The number of benzene rings is 1. The fraction of sp³-hybridized carbons (Fsp3) is 0.350. The van der Waals surface area contributed by atoms with E-state index in [1.165, 1.54) is 4.90 Å². The summed E-state index contributed by atoms with van der Waals surface area (Å²) in [7, 11) is 0. The zero-order valence-corrected chi connectivity index (χ0v) is 16.4. The molecule has 2 rings (SSSR count). The Balaban J connectivity index is 2.51. The van der Waals surface area contributed by atoms with Crippen LogP contribution >= 0.6 is 12.2 Å². The molecule has 0 aliphatic carbocycles. The lowest BCUT2D eigenvalue weighted by Crippen LogP contribution is -2.53. The Kier molecular flexibility index (Phi) is 6.32. The Morgan fingerprint density at radius 3 is 2.62 bits per heavy atom. The Bertz CT molecular complexity index is 796. The highest BCUT2D eigenvalue weighted by Gasteiger charge is 2.32. The molecule has 0 radical (unpaired) electrons. The topological polar surface area (TPSA) is 58.6 Å². The third-order valence-electron chi connectivity index (χ3n) is 4.12. The summed E-state index contributed by atoms with van der Waals surface area (Å²) in [5, 5.41) is 2.66. The van der Waals surface area contributed by atoms with Gasteiger partial charge in [-0.25, -0.2) is 0 Å². The summed E-state index contributed by atoms with van der Waals surface area (Å²) >= 11 is 5.07. The highest BCUT2D eigenvalue weighted by molar-refractivity contribution is 7.80. The number of nitrogens with one attached hydrogen (secondary N) is 1. The van der Waals surface area contributed by atoms with Crippen molar-refractivity contribution in [1.82, 2.24) is 10.2 Å². The smallest absolute Gasteiger partial charge is 0.265 e. The fourth-order valence-electron chi connectivity index (χ4n) is 2.75. The molecule has 138 valence electrons. The maximum Gasteiger partial charge on any atom is 0.265 e. The summed E-state index contributed by atoms with van der Waals surface area (Å²) < 4.78 is 5.73. The molecule has 6 heteroatoms. The van der Waals surface area contributed by atoms with Gasteiger partial charge in [-0.1, -0.05) is 19.9 Å². The van der Waals surface area contributed by atoms with Gasteiger partial charge in [0.1, 0.15) is 11.3 Å². The first-order valence-corrected chi connectivity index (χ1v) is 8.98. The minimum Gasteiger partial charge on any atom is -0.494 e. The van der Waals surface area contributed by atoms with E-state index in [1.54, 1.807) is 12.2 Å². The Hall–Kier alpha value is -2.47. The lowest BCUT2D eigenvalue weighted by molar-refractivity contribution is -0.128. The molecule has 5 nitrogen and oxygen atoms in total. The van der Waals surface area contributed by atoms with E-state index < -0.39 is 11.8 Å². The largest absolute Gasteiger partial charge is 0.494 e. The van der Waals surface area contributed by atoms with Crippen molar-refractivity contribution in [2.24, 2.45) is 0 Å². The molecule has 1 aliphatic rings. The van der Waals surface area contributed by atoms with Crippen LogP contribution in [0.15, 0.2) is 30.4 Å². The normalized spacial score (nSPS) is 16.3. The quantitative estimate of drug-likeness (QED) is 0.360. The van der Waals surface area contributed by atoms with Gasteiger partial charge < -0.3 is 4.74 Å². The van der Waals surface area contributed by atoms with E-state index in [0.717, 1.165) is 22.4 Å². The molecule has 1 aromatic carbocycles. The van der Waals surface area contributed by atoms with Crippen molar-refractivity contribution in [3.8, 4) is 5.75 Å². The Morgan fingerprint density at radius 2 is 2.04 bits per heavy atom. The number of hydrogen-bond donors (Lipinski definition) is 1. The van der Waals surface area contributed by atoms with Crippen molar-refractivity contribution in [2.45, 2.75) is 33.6 Å². The molecule has 0 aromatic heterocycles. The van der Waals surface area contributed by atoms with E-state index in [-0.39, 0.29) is 23.1 Å². The van der Waals surface area contributed by atoms with Gasteiger partial charge in [0.2, 0.25) is 0 Å². The van der Waals surface area contributed by atoms with Crippen LogP contribution in [0.3, 0.4) is 0 Å². The molecule has 1 aromatic rings. The van der Waals surface area contributed by atoms with Gasteiger partial charge in [0.25, 0.3) is 11.8 Å². The van der Waals surface area contributed by atoms with Crippen molar-refractivity contribution >= 4 is 35.2 Å². The van der Waals surface area contributed by atoms with Gasteiger partial charge in [-0.15, -0.1) is 6.58 Å². The van der Waals surface area contributed by atoms with Crippen molar-refractivity contribution in [3.05, 3.63) is 47.1 Å². The highest BCUT2D eigenvalue weighted by Crippen LogP contribution is 2.31. The molecule has 0 spiro atoms. The average Bonchev–Trinajstić information content (AvgIpc) is 2.57. The second kappa shape index (κ2) is 8.27. The van der Waals surface area contributed by atoms with Crippen LogP contribution in [-0.2, 0) is 9.59 Å². The number of aryl methyl sites for hydroxylation is 1. The molecule has 0 unspecified atom stereocenters. The molecule has 1 N–H and O–H groups in total. The molecule has 26 heavy (non-hydrogen) atoms. The number of thiocarbonyl (C=S) groups is 1. The summed E-state index contributed by atoms with van der Waals surface area (Å²) in [6, 6.07) is 3.92. The van der Waals surface area contributed by atoms with E-state index in [9.17, 15) is 9.59 Å².